The highest BCUT2D eigenvalue weighted by Crippen LogP contribution is 2.69. The average Bonchev–Trinajstić information content (AvgIpc) is 3.36. The molecule has 236 valence electrons. The van der Waals surface area contributed by atoms with Crippen LogP contribution in [0, 0.1) is 23.7 Å². The van der Waals surface area contributed by atoms with Crippen LogP contribution in [0.15, 0.2) is 103 Å². The van der Waals surface area contributed by atoms with Crippen molar-refractivity contribution in [1.29, 1.82) is 0 Å². The third-order valence-electron chi connectivity index (χ3n) is 13.9. The van der Waals surface area contributed by atoms with Gasteiger partial charge in [0.15, 0.2) is 0 Å². The summed E-state index contributed by atoms with van der Waals surface area (Å²) in [6.07, 6.45) is 9.58. The fourth-order valence-corrected chi connectivity index (χ4v) is 11.8. The minimum absolute atomic E-state index is 0.148. The molecule has 11 rings (SSSR count). The molecular weight excluding hydrogens is 567 g/mol. The molecule has 5 aromatic rings. The van der Waals surface area contributed by atoms with Crippen molar-refractivity contribution in [1.82, 2.24) is 0 Å². The largest absolute Gasteiger partial charge is 0.310 e. The smallest absolute Gasteiger partial charge is 0.0540 e. The highest BCUT2D eigenvalue weighted by atomic mass is 15.1. The lowest BCUT2D eigenvalue weighted by Gasteiger charge is -2.61. The van der Waals surface area contributed by atoms with E-state index in [0.717, 1.165) is 23.7 Å². The molecule has 1 heteroatoms. The Bertz CT molecular complexity index is 2040. The normalized spacial score (nSPS) is 28.7. The van der Waals surface area contributed by atoms with Crippen molar-refractivity contribution in [3.05, 3.63) is 125 Å². The van der Waals surface area contributed by atoms with E-state index in [0.29, 0.717) is 0 Å². The molecule has 0 unspecified atom stereocenters. The Morgan fingerprint density at radius 3 is 1.87 bits per heavy atom. The molecule has 0 saturated heterocycles. The van der Waals surface area contributed by atoms with Crippen molar-refractivity contribution >= 4 is 27.8 Å². The topological polar surface area (TPSA) is 3.24 Å². The Labute approximate surface area is 281 Å². The van der Waals surface area contributed by atoms with Crippen molar-refractivity contribution in [2.75, 3.05) is 4.90 Å². The first-order valence-corrected chi connectivity index (χ1v) is 18.4. The molecule has 47 heavy (non-hydrogen) atoms. The number of nitrogens with zero attached hydrogens (tertiary/aromatic N) is 1. The molecular formula is C46H47N. The summed E-state index contributed by atoms with van der Waals surface area (Å²) in [6.45, 7) is 9.78. The molecule has 4 fully saturated rings. The van der Waals surface area contributed by atoms with Gasteiger partial charge in [0.25, 0.3) is 0 Å². The van der Waals surface area contributed by atoms with Gasteiger partial charge < -0.3 is 4.90 Å². The van der Waals surface area contributed by atoms with E-state index in [1.54, 1.807) is 11.1 Å². The van der Waals surface area contributed by atoms with Crippen molar-refractivity contribution in [3.8, 4) is 11.1 Å². The van der Waals surface area contributed by atoms with E-state index in [1.807, 2.05) is 0 Å². The summed E-state index contributed by atoms with van der Waals surface area (Å²) >= 11 is 0. The molecule has 5 aromatic carbocycles. The number of hydrogen-bond acceptors (Lipinski definition) is 1. The van der Waals surface area contributed by atoms with Crippen molar-refractivity contribution in [2.24, 2.45) is 23.7 Å². The summed E-state index contributed by atoms with van der Waals surface area (Å²) in [5, 5.41) is 2.60. The van der Waals surface area contributed by atoms with Gasteiger partial charge in [-0.1, -0.05) is 100 Å². The van der Waals surface area contributed by atoms with Gasteiger partial charge in [-0.3, -0.25) is 0 Å². The van der Waals surface area contributed by atoms with Gasteiger partial charge in [-0.15, -0.1) is 0 Å². The Kier molecular flexibility index (Phi) is 5.77. The molecule has 0 aliphatic heterocycles. The van der Waals surface area contributed by atoms with Crippen LogP contribution in [-0.4, -0.2) is 0 Å². The Balaban J connectivity index is 1.22. The van der Waals surface area contributed by atoms with E-state index < -0.39 is 0 Å². The zero-order valence-electron chi connectivity index (χ0n) is 28.5. The van der Waals surface area contributed by atoms with Crippen LogP contribution in [0.1, 0.15) is 94.9 Å². The molecule has 4 saturated carbocycles. The minimum atomic E-state index is 0.148. The van der Waals surface area contributed by atoms with Crippen molar-refractivity contribution in [2.45, 2.75) is 88.9 Å². The van der Waals surface area contributed by atoms with Gasteiger partial charge >= 0.3 is 0 Å². The van der Waals surface area contributed by atoms with Crippen LogP contribution in [0.4, 0.5) is 17.1 Å². The molecule has 0 heterocycles. The second kappa shape index (κ2) is 9.62. The van der Waals surface area contributed by atoms with E-state index in [1.165, 1.54) is 95.0 Å². The number of fused-ring (bicyclic) bond motifs is 5. The quantitative estimate of drug-likeness (QED) is 0.196. The molecule has 1 nitrogen and oxygen atoms in total. The van der Waals surface area contributed by atoms with Gasteiger partial charge in [-0.25, -0.2) is 0 Å². The fourth-order valence-electron chi connectivity index (χ4n) is 11.8. The summed E-state index contributed by atoms with van der Waals surface area (Å²) in [5.74, 6) is 3.40. The van der Waals surface area contributed by atoms with Crippen LogP contribution in [0.25, 0.3) is 21.9 Å². The van der Waals surface area contributed by atoms with Crippen molar-refractivity contribution < 1.29 is 0 Å². The summed E-state index contributed by atoms with van der Waals surface area (Å²) in [5.41, 5.74) is 13.6. The Hall–Kier alpha value is -3.84. The van der Waals surface area contributed by atoms with E-state index in [-0.39, 0.29) is 16.2 Å². The zero-order chi connectivity index (χ0) is 31.7. The molecule has 6 aliphatic carbocycles. The molecule has 0 atom stereocenters. The van der Waals surface area contributed by atoms with E-state index in [2.05, 4.69) is 136 Å². The van der Waals surface area contributed by atoms with Crippen LogP contribution in [0.3, 0.4) is 0 Å². The minimum Gasteiger partial charge on any atom is -0.310 e. The predicted molar refractivity (Wildman–Crippen MR) is 197 cm³/mol. The Morgan fingerprint density at radius 2 is 1.11 bits per heavy atom. The molecule has 0 aromatic heterocycles. The van der Waals surface area contributed by atoms with Gasteiger partial charge in [-0.05, 0) is 149 Å². The third kappa shape index (κ3) is 3.83. The number of rotatable bonds is 3. The van der Waals surface area contributed by atoms with Crippen LogP contribution in [0.5, 0.6) is 0 Å². The second-order valence-electron chi connectivity index (χ2n) is 17.3. The first kappa shape index (κ1) is 28.2. The molecule has 4 bridgehead atoms. The van der Waals surface area contributed by atoms with E-state index in [4.69, 9.17) is 0 Å². The second-order valence-corrected chi connectivity index (χ2v) is 17.3. The number of hydrogen-bond donors (Lipinski definition) is 0. The molecule has 0 amide bonds. The van der Waals surface area contributed by atoms with Gasteiger partial charge in [0.1, 0.15) is 0 Å². The molecule has 0 radical (unpaired) electrons. The fraction of sp³-hybridized carbons (Fsp3) is 0.391. The standard InChI is InChI=1S/C46H47N/c1-44(2)20-21-45(3,4)42-28-35(17-19-40(42)44)47(43-15-9-11-31-10-5-6-12-36(31)43)34-16-18-38-37-13-7-8-14-39(37)46(41(38)27-34)32-23-29-22-30(25-32)26-33(46)24-29/h5-19,27-30,32-33H,20-26H2,1-4H3. The van der Waals surface area contributed by atoms with Crippen molar-refractivity contribution in [3.63, 3.8) is 0 Å². The van der Waals surface area contributed by atoms with Gasteiger partial charge in [0, 0.05) is 22.2 Å². The van der Waals surface area contributed by atoms with Gasteiger partial charge in [-0.2, -0.15) is 0 Å². The van der Waals surface area contributed by atoms with Crippen LogP contribution >= 0.6 is 0 Å². The lowest BCUT2D eigenvalue weighted by molar-refractivity contribution is -0.0399. The number of anilines is 3. The van der Waals surface area contributed by atoms with Gasteiger partial charge in [0.2, 0.25) is 0 Å². The van der Waals surface area contributed by atoms with Crippen LogP contribution in [-0.2, 0) is 16.2 Å². The first-order chi connectivity index (χ1) is 22.7. The van der Waals surface area contributed by atoms with E-state index >= 15 is 0 Å². The summed E-state index contributed by atoms with van der Waals surface area (Å²) in [6, 6.07) is 40.3. The highest BCUT2D eigenvalue weighted by molar-refractivity contribution is 5.99. The summed E-state index contributed by atoms with van der Waals surface area (Å²) in [7, 11) is 0. The molecule has 0 N–H and O–H groups in total. The SMILES string of the molecule is CC1(C)CCC(C)(C)c2cc(N(c3ccc4c(c3)C3(c5ccccc5-4)C4CC5CC(C4)CC3C5)c3cccc4ccccc34)ccc21. The lowest BCUT2D eigenvalue weighted by atomic mass is 9.43. The maximum atomic E-state index is 2.66. The third-order valence-corrected chi connectivity index (χ3v) is 13.9. The monoisotopic (exact) mass is 613 g/mol. The van der Waals surface area contributed by atoms with E-state index in [9.17, 15) is 0 Å². The average molecular weight is 614 g/mol. The van der Waals surface area contributed by atoms with Crippen LogP contribution < -0.4 is 4.90 Å². The van der Waals surface area contributed by atoms with Gasteiger partial charge in [0.05, 0.1) is 5.69 Å². The first-order valence-electron chi connectivity index (χ1n) is 18.4. The zero-order valence-corrected chi connectivity index (χ0v) is 28.5. The predicted octanol–water partition coefficient (Wildman–Crippen LogP) is 12.4. The Morgan fingerprint density at radius 1 is 0.511 bits per heavy atom. The maximum Gasteiger partial charge on any atom is 0.0540 e. The maximum absolute atomic E-state index is 2.66. The molecule has 6 aliphatic rings. The number of benzene rings is 5. The molecule has 1 spiro atoms. The summed E-state index contributed by atoms with van der Waals surface area (Å²) in [4.78, 5) is 2.60. The lowest BCUT2D eigenvalue weighted by Crippen LogP contribution is -2.55. The van der Waals surface area contributed by atoms with Crippen LogP contribution in [0.2, 0.25) is 0 Å². The summed E-state index contributed by atoms with van der Waals surface area (Å²) < 4.78 is 0. The highest BCUT2D eigenvalue weighted by Gasteiger charge is 2.61.